The van der Waals surface area contributed by atoms with E-state index < -0.39 is 18.0 Å². The molecule has 4 amide bonds. The minimum Gasteiger partial charge on any atom is -0.497 e. The van der Waals surface area contributed by atoms with Crippen molar-refractivity contribution in [1.82, 2.24) is 15.5 Å². The molecule has 0 spiro atoms. The number of imide groups is 1. The van der Waals surface area contributed by atoms with E-state index in [1.807, 2.05) is 50.2 Å². The maximum atomic E-state index is 11.7. The highest BCUT2D eigenvalue weighted by atomic mass is 16.5. The van der Waals surface area contributed by atoms with Gasteiger partial charge in [0.2, 0.25) is 0 Å². The molecular weight excluding hydrogens is 458 g/mol. The maximum Gasteiger partial charge on any atom is 0.322 e. The Morgan fingerprint density at radius 2 is 1.75 bits per heavy atom. The standard InChI is InChI=1S/C14H14N2O3.C11H15NO2.C3H8/c1-9(8-17)11-5-2-10(3-6-11)4-7-12-13(18)16-14(19)15-12;1-8-5-6-9(14-4)7-10(8)11(13)12(2)3;1-3-2/h2-3,5-6,9,12,17H,8H2,1H3,(H2,15,16,18,19);5-7H,1-4H3;3H2,1-2H3. The smallest absolute Gasteiger partial charge is 0.322 e. The first-order chi connectivity index (χ1) is 17.1. The van der Waals surface area contributed by atoms with Gasteiger partial charge < -0.3 is 20.1 Å². The zero-order valence-electron chi connectivity index (χ0n) is 22.1. The molecule has 8 heteroatoms. The highest BCUT2D eigenvalue weighted by molar-refractivity contribution is 6.05. The molecule has 0 saturated carbocycles. The number of amides is 4. The van der Waals surface area contributed by atoms with E-state index >= 15 is 0 Å². The van der Waals surface area contributed by atoms with Crippen molar-refractivity contribution < 1.29 is 24.2 Å². The second kappa shape index (κ2) is 15.2. The van der Waals surface area contributed by atoms with E-state index in [1.165, 1.54) is 6.42 Å². The lowest BCUT2D eigenvalue weighted by Crippen LogP contribution is -2.26. The number of rotatable bonds is 4. The number of carbonyl (C=O) groups excluding carboxylic acids is 3. The first-order valence-corrected chi connectivity index (χ1v) is 11.8. The fourth-order valence-corrected chi connectivity index (χ4v) is 2.87. The molecule has 1 heterocycles. The summed E-state index contributed by atoms with van der Waals surface area (Å²) in [7, 11) is 5.07. The summed E-state index contributed by atoms with van der Waals surface area (Å²) in [6.45, 7) is 8.19. The van der Waals surface area contributed by atoms with Crippen molar-refractivity contribution in [3.8, 4) is 17.6 Å². The third-order valence-electron chi connectivity index (χ3n) is 4.97. The molecule has 0 bridgehead atoms. The van der Waals surface area contributed by atoms with E-state index in [1.54, 1.807) is 32.2 Å². The predicted octanol–water partition coefficient (Wildman–Crippen LogP) is 3.46. The van der Waals surface area contributed by atoms with Crippen molar-refractivity contribution in [2.75, 3.05) is 27.8 Å². The molecule has 1 aliphatic rings. The zero-order valence-corrected chi connectivity index (χ0v) is 22.1. The van der Waals surface area contributed by atoms with Crippen molar-refractivity contribution in [3.05, 3.63) is 64.7 Å². The van der Waals surface area contributed by atoms with Gasteiger partial charge in [0, 0.05) is 37.7 Å². The van der Waals surface area contributed by atoms with Gasteiger partial charge in [-0.1, -0.05) is 57.2 Å². The van der Waals surface area contributed by atoms with E-state index in [0.717, 1.165) is 16.7 Å². The maximum absolute atomic E-state index is 11.7. The lowest BCUT2D eigenvalue weighted by Gasteiger charge is -2.13. The quantitative estimate of drug-likeness (QED) is 0.445. The fraction of sp³-hybridized carbons (Fsp3) is 0.393. The molecule has 2 aromatic carbocycles. The molecule has 1 aliphatic heterocycles. The Kier molecular flexibility index (Phi) is 12.8. The largest absolute Gasteiger partial charge is 0.497 e. The van der Waals surface area contributed by atoms with Crippen LogP contribution in [0.1, 0.15) is 60.2 Å². The molecule has 0 aliphatic carbocycles. The summed E-state index contributed by atoms with van der Waals surface area (Å²) in [5.74, 6) is 5.90. The number of nitrogens with zero attached hydrogens (tertiary/aromatic N) is 1. The molecule has 8 nitrogen and oxygen atoms in total. The third-order valence-corrected chi connectivity index (χ3v) is 4.97. The molecule has 36 heavy (non-hydrogen) atoms. The highest BCUT2D eigenvalue weighted by Crippen LogP contribution is 2.18. The first kappa shape index (κ1) is 30.2. The van der Waals surface area contributed by atoms with Crippen molar-refractivity contribution in [3.63, 3.8) is 0 Å². The van der Waals surface area contributed by atoms with Gasteiger partial charge in [0.1, 0.15) is 5.75 Å². The van der Waals surface area contributed by atoms with Crippen LogP contribution < -0.4 is 15.4 Å². The second-order valence-corrected chi connectivity index (χ2v) is 8.46. The Hall–Kier alpha value is -3.83. The molecule has 3 N–H and O–H groups in total. The number of aliphatic hydroxyl groups is 1. The van der Waals surface area contributed by atoms with Crippen molar-refractivity contribution in [2.24, 2.45) is 0 Å². The normalized spacial score (nSPS) is 14.4. The Morgan fingerprint density at radius 1 is 1.14 bits per heavy atom. The van der Waals surface area contributed by atoms with Crippen LogP contribution in [-0.2, 0) is 4.79 Å². The van der Waals surface area contributed by atoms with Gasteiger partial charge in [-0.3, -0.25) is 14.9 Å². The summed E-state index contributed by atoms with van der Waals surface area (Å²) < 4.78 is 5.07. The summed E-state index contributed by atoms with van der Waals surface area (Å²) in [5.41, 5.74) is 3.43. The molecule has 1 saturated heterocycles. The summed E-state index contributed by atoms with van der Waals surface area (Å²) in [6, 6.07) is 11.6. The van der Waals surface area contributed by atoms with Crippen LogP contribution in [-0.4, -0.2) is 61.7 Å². The van der Waals surface area contributed by atoms with E-state index in [9.17, 15) is 14.4 Å². The van der Waals surface area contributed by atoms with Gasteiger partial charge in [-0.05, 0) is 42.3 Å². The van der Waals surface area contributed by atoms with Crippen LogP contribution in [0.4, 0.5) is 4.79 Å². The fourth-order valence-electron chi connectivity index (χ4n) is 2.87. The molecule has 2 atom stereocenters. The Balaban J connectivity index is 0.000000337. The monoisotopic (exact) mass is 495 g/mol. The summed E-state index contributed by atoms with van der Waals surface area (Å²) in [5, 5.41) is 13.6. The van der Waals surface area contributed by atoms with E-state index in [4.69, 9.17) is 9.84 Å². The average Bonchev–Trinajstić information content (AvgIpc) is 3.19. The van der Waals surface area contributed by atoms with Crippen molar-refractivity contribution in [1.29, 1.82) is 0 Å². The predicted molar refractivity (Wildman–Crippen MR) is 141 cm³/mol. The molecule has 1 fully saturated rings. The van der Waals surface area contributed by atoms with Crippen LogP contribution in [0, 0.1) is 18.8 Å². The SMILES string of the molecule is CC(CO)c1ccc(C#CC2NC(=O)NC2=O)cc1.CCC.COc1ccc(C)c(C(=O)N(C)C)c1. The minimum absolute atomic E-state index is 0.00130. The Morgan fingerprint density at radius 3 is 2.22 bits per heavy atom. The average molecular weight is 496 g/mol. The van der Waals surface area contributed by atoms with Gasteiger partial charge in [0.25, 0.3) is 11.8 Å². The summed E-state index contributed by atoms with van der Waals surface area (Å²) >= 11 is 0. The minimum atomic E-state index is -0.788. The van der Waals surface area contributed by atoms with Gasteiger partial charge in [-0.2, -0.15) is 0 Å². The lowest BCUT2D eigenvalue weighted by atomic mass is 10.0. The molecule has 2 unspecified atom stereocenters. The number of ether oxygens (including phenoxy) is 1. The van der Waals surface area contributed by atoms with Gasteiger partial charge in [-0.15, -0.1) is 0 Å². The highest BCUT2D eigenvalue weighted by Gasteiger charge is 2.27. The number of hydrogen-bond acceptors (Lipinski definition) is 5. The van der Waals surface area contributed by atoms with E-state index in [2.05, 4.69) is 36.3 Å². The molecule has 3 rings (SSSR count). The lowest BCUT2D eigenvalue weighted by molar-refractivity contribution is -0.119. The van der Waals surface area contributed by atoms with Gasteiger partial charge in [0.15, 0.2) is 6.04 Å². The van der Waals surface area contributed by atoms with Crippen LogP contribution in [0.3, 0.4) is 0 Å². The number of urea groups is 1. The number of aryl methyl sites for hydroxylation is 1. The number of nitrogens with one attached hydrogen (secondary N) is 2. The van der Waals surface area contributed by atoms with Gasteiger partial charge in [-0.25, -0.2) is 4.79 Å². The second-order valence-electron chi connectivity index (χ2n) is 8.46. The van der Waals surface area contributed by atoms with Crippen LogP contribution in [0.15, 0.2) is 42.5 Å². The van der Waals surface area contributed by atoms with Crippen LogP contribution in [0.2, 0.25) is 0 Å². The topological polar surface area (TPSA) is 108 Å². The van der Waals surface area contributed by atoms with Crippen LogP contribution in [0.5, 0.6) is 5.75 Å². The van der Waals surface area contributed by atoms with Gasteiger partial charge in [0.05, 0.1) is 7.11 Å². The van der Waals surface area contributed by atoms with Crippen molar-refractivity contribution >= 4 is 17.8 Å². The van der Waals surface area contributed by atoms with E-state index in [0.29, 0.717) is 11.3 Å². The number of aliphatic hydroxyl groups excluding tert-OH is 1. The Bertz CT molecular complexity index is 1080. The number of hydrogen-bond donors (Lipinski definition) is 3. The first-order valence-electron chi connectivity index (χ1n) is 11.8. The summed E-state index contributed by atoms with van der Waals surface area (Å²) in [4.78, 5) is 35.4. The molecule has 0 aromatic heterocycles. The number of methoxy groups -OCH3 is 1. The van der Waals surface area contributed by atoms with Crippen LogP contribution in [0.25, 0.3) is 0 Å². The number of carbonyl (C=O) groups is 3. The zero-order chi connectivity index (χ0) is 27.3. The van der Waals surface area contributed by atoms with E-state index in [-0.39, 0.29) is 18.4 Å². The van der Waals surface area contributed by atoms with Gasteiger partial charge >= 0.3 is 6.03 Å². The molecule has 194 valence electrons. The number of benzene rings is 2. The third kappa shape index (κ3) is 9.43. The molecule has 0 radical (unpaired) electrons. The van der Waals surface area contributed by atoms with Crippen molar-refractivity contribution in [2.45, 2.75) is 46.1 Å². The Labute approximate surface area is 214 Å². The molecular formula is C28H37N3O5. The molecule has 2 aromatic rings. The summed E-state index contributed by atoms with van der Waals surface area (Å²) in [6.07, 6.45) is 1.25. The van der Waals surface area contributed by atoms with Crippen LogP contribution >= 0.6 is 0 Å².